The van der Waals surface area contributed by atoms with Gasteiger partial charge in [-0.25, -0.2) is 0 Å². The highest BCUT2D eigenvalue weighted by Gasteiger charge is 2.18. The molecule has 0 aliphatic carbocycles. The smallest absolute Gasteiger partial charge is 0.0549 e. The molecule has 0 aliphatic heterocycles. The van der Waals surface area contributed by atoms with Crippen molar-refractivity contribution in [3.63, 3.8) is 0 Å². The molecule has 122 valence electrons. The van der Waals surface area contributed by atoms with Gasteiger partial charge in [-0.05, 0) is 55.3 Å². The second-order valence-electron chi connectivity index (χ2n) is 9.45. The maximum Gasteiger partial charge on any atom is 0.0549 e. The van der Waals surface area contributed by atoms with Crippen LogP contribution in [0.15, 0.2) is 0 Å². The van der Waals surface area contributed by atoms with E-state index >= 15 is 0 Å². The molecule has 0 amide bonds. The molecular formula is C19H40O. The summed E-state index contributed by atoms with van der Waals surface area (Å²) in [7, 11) is 0. The molecule has 1 heteroatoms. The molecule has 0 aromatic heterocycles. The fourth-order valence-corrected chi connectivity index (χ4v) is 3.38. The highest BCUT2D eigenvalue weighted by atomic mass is 16.5. The van der Waals surface area contributed by atoms with E-state index in [-0.39, 0.29) is 0 Å². The zero-order valence-electron chi connectivity index (χ0n) is 15.7. The van der Waals surface area contributed by atoms with Crippen LogP contribution in [0.1, 0.15) is 88.0 Å². The molecule has 0 N–H and O–H groups in total. The van der Waals surface area contributed by atoms with Crippen molar-refractivity contribution in [2.45, 2.75) is 94.1 Å². The summed E-state index contributed by atoms with van der Waals surface area (Å²) in [5, 5.41) is 0. The second-order valence-corrected chi connectivity index (χ2v) is 9.45. The van der Waals surface area contributed by atoms with Gasteiger partial charge in [0, 0.05) is 6.61 Å². The van der Waals surface area contributed by atoms with Crippen molar-refractivity contribution in [2.75, 3.05) is 6.61 Å². The van der Waals surface area contributed by atoms with Crippen molar-refractivity contribution in [3.8, 4) is 0 Å². The Kier molecular flexibility index (Phi) is 8.40. The first-order chi connectivity index (χ1) is 8.89. The van der Waals surface area contributed by atoms with Crippen molar-refractivity contribution in [1.29, 1.82) is 0 Å². The van der Waals surface area contributed by atoms with Crippen LogP contribution < -0.4 is 0 Å². The lowest BCUT2D eigenvalue weighted by Crippen LogP contribution is -2.19. The summed E-state index contributed by atoms with van der Waals surface area (Å²) in [5.41, 5.74) is 0.868. The summed E-state index contributed by atoms with van der Waals surface area (Å²) in [5.74, 6) is 1.51. The van der Waals surface area contributed by atoms with Crippen LogP contribution in [-0.4, -0.2) is 12.7 Å². The topological polar surface area (TPSA) is 9.23 Å². The summed E-state index contributed by atoms with van der Waals surface area (Å²) < 4.78 is 6.01. The second kappa shape index (κ2) is 8.41. The summed E-state index contributed by atoms with van der Waals surface area (Å²) >= 11 is 0. The lowest BCUT2D eigenvalue weighted by atomic mass is 9.83. The van der Waals surface area contributed by atoms with Gasteiger partial charge in [-0.2, -0.15) is 0 Å². The standard InChI is InChI=1S/C19H40O/c1-15(13-18(4,5)6)10-11-20-17(3)12-16(2)14-19(7,8)9/h15-17H,10-14H2,1-9H3. The van der Waals surface area contributed by atoms with Crippen LogP contribution >= 0.6 is 0 Å². The van der Waals surface area contributed by atoms with E-state index in [0.717, 1.165) is 18.4 Å². The predicted molar refractivity (Wildman–Crippen MR) is 91.1 cm³/mol. The van der Waals surface area contributed by atoms with Crippen molar-refractivity contribution < 1.29 is 4.74 Å². The normalized spacial score (nSPS) is 17.9. The Labute approximate surface area is 128 Å². The van der Waals surface area contributed by atoms with Gasteiger partial charge in [-0.3, -0.25) is 0 Å². The Morgan fingerprint density at radius 1 is 0.750 bits per heavy atom. The van der Waals surface area contributed by atoms with Crippen LogP contribution in [0.3, 0.4) is 0 Å². The van der Waals surface area contributed by atoms with Gasteiger partial charge in [0.2, 0.25) is 0 Å². The zero-order chi connectivity index (χ0) is 16.0. The minimum Gasteiger partial charge on any atom is -0.378 e. The van der Waals surface area contributed by atoms with Crippen LogP contribution in [0.2, 0.25) is 0 Å². The van der Waals surface area contributed by atoms with Gasteiger partial charge in [-0.15, -0.1) is 0 Å². The molecular weight excluding hydrogens is 244 g/mol. The molecule has 20 heavy (non-hydrogen) atoms. The predicted octanol–water partition coefficient (Wildman–Crippen LogP) is 6.32. The van der Waals surface area contributed by atoms with Crippen molar-refractivity contribution in [3.05, 3.63) is 0 Å². The molecule has 0 heterocycles. The third-order valence-corrected chi connectivity index (χ3v) is 3.67. The Bertz CT molecular complexity index is 243. The first-order valence-corrected chi connectivity index (χ1v) is 8.50. The summed E-state index contributed by atoms with van der Waals surface area (Å²) in [4.78, 5) is 0. The highest BCUT2D eigenvalue weighted by molar-refractivity contribution is 4.69. The number of rotatable bonds is 8. The van der Waals surface area contributed by atoms with Gasteiger partial charge >= 0.3 is 0 Å². The van der Waals surface area contributed by atoms with E-state index in [4.69, 9.17) is 4.74 Å². The van der Waals surface area contributed by atoms with E-state index in [1.165, 1.54) is 25.7 Å². The van der Waals surface area contributed by atoms with Crippen molar-refractivity contribution in [2.24, 2.45) is 22.7 Å². The van der Waals surface area contributed by atoms with E-state index in [1.54, 1.807) is 0 Å². The lowest BCUT2D eigenvalue weighted by Gasteiger charge is -2.26. The average Bonchev–Trinajstić information content (AvgIpc) is 2.10. The molecule has 0 aliphatic rings. The molecule has 0 aromatic carbocycles. The number of hydrogen-bond acceptors (Lipinski definition) is 1. The molecule has 3 atom stereocenters. The van der Waals surface area contributed by atoms with E-state index in [2.05, 4.69) is 62.3 Å². The summed E-state index contributed by atoms with van der Waals surface area (Å²) in [6.45, 7) is 21.8. The van der Waals surface area contributed by atoms with E-state index < -0.39 is 0 Å². The van der Waals surface area contributed by atoms with Crippen LogP contribution in [0.4, 0.5) is 0 Å². The molecule has 1 nitrogen and oxygen atoms in total. The SMILES string of the molecule is CC(CCOC(C)CC(C)CC(C)(C)C)CC(C)(C)C. The van der Waals surface area contributed by atoms with Crippen molar-refractivity contribution in [1.82, 2.24) is 0 Å². The lowest BCUT2D eigenvalue weighted by molar-refractivity contribution is 0.0367. The molecule has 0 spiro atoms. The van der Waals surface area contributed by atoms with E-state index in [0.29, 0.717) is 16.9 Å². The Balaban J connectivity index is 3.81. The van der Waals surface area contributed by atoms with Crippen LogP contribution in [0, 0.1) is 22.7 Å². The molecule has 0 saturated heterocycles. The molecule has 0 aromatic rings. The first-order valence-electron chi connectivity index (χ1n) is 8.50. The molecule has 0 bridgehead atoms. The minimum absolute atomic E-state index is 0.397. The van der Waals surface area contributed by atoms with Gasteiger partial charge in [0.05, 0.1) is 6.10 Å². The number of hydrogen-bond donors (Lipinski definition) is 0. The first kappa shape index (κ1) is 20.0. The Morgan fingerprint density at radius 3 is 1.65 bits per heavy atom. The highest BCUT2D eigenvalue weighted by Crippen LogP contribution is 2.28. The third kappa shape index (κ3) is 13.0. The van der Waals surface area contributed by atoms with Gasteiger partial charge < -0.3 is 4.74 Å². The molecule has 0 saturated carbocycles. The fraction of sp³-hybridized carbons (Fsp3) is 1.00. The molecule has 0 radical (unpaired) electrons. The van der Waals surface area contributed by atoms with Crippen LogP contribution in [-0.2, 0) is 4.74 Å². The Hall–Kier alpha value is -0.0400. The zero-order valence-corrected chi connectivity index (χ0v) is 15.7. The summed E-state index contributed by atoms with van der Waals surface area (Å²) in [6, 6.07) is 0. The largest absolute Gasteiger partial charge is 0.378 e. The Morgan fingerprint density at radius 2 is 1.20 bits per heavy atom. The van der Waals surface area contributed by atoms with Crippen molar-refractivity contribution >= 4 is 0 Å². The average molecular weight is 285 g/mol. The van der Waals surface area contributed by atoms with Gasteiger partial charge in [0.25, 0.3) is 0 Å². The fourth-order valence-electron chi connectivity index (χ4n) is 3.38. The van der Waals surface area contributed by atoms with E-state index in [9.17, 15) is 0 Å². The van der Waals surface area contributed by atoms with Gasteiger partial charge in [-0.1, -0.05) is 55.4 Å². The monoisotopic (exact) mass is 284 g/mol. The molecule has 0 rings (SSSR count). The number of ether oxygens (including phenoxy) is 1. The quantitative estimate of drug-likeness (QED) is 0.507. The molecule has 3 unspecified atom stereocenters. The summed E-state index contributed by atoms with van der Waals surface area (Å²) in [6.07, 6.45) is 5.33. The van der Waals surface area contributed by atoms with E-state index in [1.807, 2.05) is 0 Å². The minimum atomic E-state index is 0.397. The third-order valence-electron chi connectivity index (χ3n) is 3.67. The van der Waals surface area contributed by atoms with Gasteiger partial charge in [0.15, 0.2) is 0 Å². The maximum absolute atomic E-state index is 6.01. The van der Waals surface area contributed by atoms with Crippen LogP contribution in [0.25, 0.3) is 0 Å². The van der Waals surface area contributed by atoms with Crippen LogP contribution in [0.5, 0.6) is 0 Å². The molecule has 0 fully saturated rings. The van der Waals surface area contributed by atoms with Gasteiger partial charge in [0.1, 0.15) is 0 Å². The maximum atomic E-state index is 6.01.